The van der Waals surface area contributed by atoms with E-state index in [4.69, 9.17) is 5.11 Å². The molecule has 1 heterocycles. The molecule has 0 aliphatic heterocycles. The standard InChI is InChI=1S/C22H14FNO2/c23-18-4-1-3-16(11-18)17-12-20-19(5-2-6-21(20)24-13-17)14-7-9-15(10-8-14)22(25)26/h1-13H,(H,25,26). The third kappa shape index (κ3) is 2.93. The molecule has 0 spiro atoms. The van der Waals surface area contributed by atoms with Gasteiger partial charge in [0, 0.05) is 17.1 Å². The molecule has 26 heavy (non-hydrogen) atoms. The van der Waals surface area contributed by atoms with E-state index in [2.05, 4.69) is 4.98 Å². The molecule has 3 nitrogen and oxygen atoms in total. The number of benzene rings is 3. The number of aromatic nitrogens is 1. The summed E-state index contributed by atoms with van der Waals surface area (Å²) in [7, 11) is 0. The maximum Gasteiger partial charge on any atom is 0.335 e. The SMILES string of the molecule is O=C(O)c1ccc(-c2cccc3ncc(-c4cccc(F)c4)cc23)cc1. The molecule has 0 aliphatic rings. The summed E-state index contributed by atoms with van der Waals surface area (Å²) in [4.78, 5) is 15.6. The van der Waals surface area contributed by atoms with E-state index in [0.29, 0.717) is 0 Å². The molecule has 0 amide bonds. The van der Waals surface area contributed by atoms with E-state index in [1.54, 1.807) is 36.5 Å². The number of hydrogen-bond donors (Lipinski definition) is 1. The zero-order valence-corrected chi connectivity index (χ0v) is 13.7. The van der Waals surface area contributed by atoms with Gasteiger partial charge in [-0.3, -0.25) is 4.98 Å². The molecule has 0 saturated heterocycles. The molecule has 0 unspecified atom stereocenters. The predicted molar refractivity (Wildman–Crippen MR) is 99.5 cm³/mol. The third-order valence-electron chi connectivity index (χ3n) is 4.33. The van der Waals surface area contributed by atoms with E-state index in [-0.39, 0.29) is 11.4 Å². The summed E-state index contributed by atoms with van der Waals surface area (Å²) in [6.07, 6.45) is 1.73. The average Bonchev–Trinajstić information content (AvgIpc) is 2.67. The van der Waals surface area contributed by atoms with E-state index in [1.165, 1.54) is 12.1 Å². The molecule has 4 aromatic rings. The fourth-order valence-electron chi connectivity index (χ4n) is 3.02. The molecular weight excluding hydrogens is 329 g/mol. The van der Waals surface area contributed by atoms with Crippen LogP contribution in [-0.4, -0.2) is 16.1 Å². The second-order valence-electron chi connectivity index (χ2n) is 5.99. The minimum Gasteiger partial charge on any atom is -0.478 e. The van der Waals surface area contributed by atoms with Crippen LogP contribution in [0.2, 0.25) is 0 Å². The monoisotopic (exact) mass is 343 g/mol. The number of rotatable bonds is 3. The Morgan fingerprint density at radius 1 is 0.846 bits per heavy atom. The Morgan fingerprint density at radius 2 is 1.62 bits per heavy atom. The summed E-state index contributed by atoms with van der Waals surface area (Å²) in [5.74, 6) is -1.25. The summed E-state index contributed by atoms with van der Waals surface area (Å²) in [6, 6.07) is 20.9. The zero-order chi connectivity index (χ0) is 18.1. The minimum atomic E-state index is -0.954. The van der Waals surface area contributed by atoms with Crippen LogP contribution in [0.25, 0.3) is 33.2 Å². The molecule has 0 bridgehead atoms. The van der Waals surface area contributed by atoms with Crippen LogP contribution in [-0.2, 0) is 0 Å². The van der Waals surface area contributed by atoms with Crippen LogP contribution in [0.1, 0.15) is 10.4 Å². The molecule has 1 aromatic heterocycles. The number of hydrogen-bond acceptors (Lipinski definition) is 2. The predicted octanol–water partition coefficient (Wildman–Crippen LogP) is 5.41. The molecule has 0 aliphatic carbocycles. The van der Waals surface area contributed by atoms with E-state index >= 15 is 0 Å². The van der Waals surface area contributed by atoms with Gasteiger partial charge in [-0.15, -0.1) is 0 Å². The number of fused-ring (bicyclic) bond motifs is 1. The number of halogens is 1. The van der Waals surface area contributed by atoms with Gasteiger partial charge in [-0.25, -0.2) is 9.18 Å². The number of aromatic carboxylic acids is 1. The largest absolute Gasteiger partial charge is 0.478 e. The molecule has 3 aromatic carbocycles. The van der Waals surface area contributed by atoms with Gasteiger partial charge in [0.05, 0.1) is 11.1 Å². The van der Waals surface area contributed by atoms with Gasteiger partial charge in [-0.1, -0.05) is 36.4 Å². The number of pyridine rings is 1. The number of carbonyl (C=O) groups is 1. The highest BCUT2D eigenvalue weighted by molar-refractivity contribution is 5.97. The molecule has 0 radical (unpaired) electrons. The maximum absolute atomic E-state index is 13.5. The topological polar surface area (TPSA) is 50.2 Å². The number of carboxylic acids is 1. The number of carboxylic acid groups (broad SMARTS) is 1. The summed E-state index contributed by atoms with van der Waals surface area (Å²) in [5.41, 5.74) is 4.50. The quantitative estimate of drug-likeness (QED) is 0.541. The van der Waals surface area contributed by atoms with Crippen LogP contribution in [0.15, 0.2) is 79.0 Å². The molecule has 4 rings (SSSR count). The summed E-state index contributed by atoms with van der Waals surface area (Å²) in [6.45, 7) is 0. The van der Waals surface area contributed by atoms with Crippen molar-refractivity contribution in [2.45, 2.75) is 0 Å². The first kappa shape index (κ1) is 16.0. The second-order valence-corrected chi connectivity index (χ2v) is 5.99. The minimum absolute atomic E-state index is 0.243. The lowest BCUT2D eigenvalue weighted by molar-refractivity contribution is 0.0697. The van der Waals surface area contributed by atoms with E-state index < -0.39 is 5.97 Å². The smallest absolute Gasteiger partial charge is 0.335 e. The normalized spacial score (nSPS) is 10.8. The first-order valence-corrected chi connectivity index (χ1v) is 8.10. The van der Waals surface area contributed by atoms with Gasteiger partial charge in [0.2, 0.25) is 0 Å². The summed E-state index contributed by atoms with van der Waals surface area (Å²) < 4.78 is 13.5. The van der Waals surface area contributed by atoms with Crippen molar-refractivity contribution in [2.24, 2.45) is 0 Å². The highest BCUT2D eigenvalue weighted by Gasteiger charge is 2.09. The van der Waals surface area contributed by atoms with Gasteiger partial charge in [-0.2, -0.15) is 0 Å². The van der Waals surface area contributed by atoms with Crippen LogP contribution < -0.4 is 0 Å². The molecule has 4 heteroatoms. The van der Waals surface area contributed by atoms with Crippen molar-refractivity contribution >= 4 is 16.9 Å². The first-order valence-electron chi connectivity index (χ1n) is 8.10. The van der Waals surface area contributed by atoms with Crippen molar-refractivity contribution in [3.8, 4) is 22.3 Å². The molecule has 0 saturated carbocycles. The van der Waals surface area contributed by atoms with E-state index in [9.17, 15) is 9.18 Å². The lowest BCUT2D eigenvalue weighted by Gasteiger charge is -2.09. The van der Waals surface area contributed by atoms with Crippen molar-refractivity contribution < 1.29 is 14.3 Å². The van der Waals surface area contributed by atoms with Gasteiger partial charge in [0.25, 0.3) is 0 Å². The van der Waals surface area contributed by atoms with E-state index in [0.717, 1.165) is 33.2 Å². The zero-order valence-electron chi connectivity index (χ0n) is 13.7. The van der Waals surface area contributed by atoms with Gasteiger partial charge in [-0.05, 0) is 53.1 Å². The van der Waals surface area contributed by atoms with Gasteiger partial charge in [0.1, 0.15) is 5.82 Å². The fraction of sp³-hybridized carbons (Fsp3) is 0. The molecule has 1 N–H and O–H groups in total. The Labute approximate surface area is 149 Å². The lowest BCUT2D eigenvalue weighted by atomic mass is 9.97. The Kier molecular flexibility index (Phi) is 3.93. The fourth-order valence-corrected chi connectivity index (χ4v) is 3.02. The van der Waals surface area contributed by atoms with Crippen molar-refractivity contribution in [2.75, 3.05) is 0 Å². The first-order chi connectivity index (χ1) is 12.6. The van der Waals surface area contributed by atoms with Crippen LogP contribution >= 0.6 is 0 Å². The number of nitrogens with zero attached hydrogens (tertiary/aromatic N) is 1. The second kappa shape index (κ2) is 6.41. The Morgan fingerprint density at radius 3 is 2.35 bits per heavy atom. The third-order valence-corrected chi connectivity index (χ3v) is 4.33. The van der Waals surface area contributed by atoms with Gasteiger partial charge in [0.15, 0.2) is 0 Å². The van der Waals surface area contributed by atoms with Crippen LogP contribution in [0.4, 0.5) is 4.39 Å². The van der Waals surface area contributed by atoms with Crippen molar-refractivity contribution in [3.05, 3.63) is 90.4 Å². The van der Waals surface area contributed by atoms with Gasteiger partial charge < -0.3 is 5.11 Å². The summed E-state index contributed by atoms with van der Waals surface area (Å²) in [5, 5.41) is 9.99. The molecular formula is C22H14FNO2. The Bertz CT molecular complexity index is 1120. The molecule has 126 valence electrons. The Balaban J connectivity index is 1.87. The van der Waals surface area contributed by atoms with Crippen molar-refractivity contribution in [3.63, 3.8) is 0 Å². The van der Waals surface area contributed by atoms with Crippen LogP contribution in [0.5, 0.6) is 0 Å². The Hall–Kier alpha value is -3.53. The molecule has 0 atom stereocenters. The highest BCUT2D eigenvalue weighted by Crippen LogP contribution is 2.31. The van der Waals surface area contributed by atoms with Crippen LogP contribution in [0.3, 0.4) is 0 Å². The van der Waals surface area contributed by atoms with Crippen molar-refractivity contribution in [1.29, 1.82) is 0 Å². The highest BCUT2D eigenvalue weighted by atomic mass is 19.1. The van der Waals surface area contributed by atoms with E-state index in [1.807, 2.05) is 30.3 Å². The average molecular weight is 343 g/mol. The lowest BCUT2D eigenvalue weighted by Crippen LogP contribution is -1.95. The molecule has 0 fully saturated rings. The maximum atomic E-state index is 13.5. The van der Waals surface area contributed by atoms with Crippen LogP contribution in [0, 0.1) is 5.82 Å². The van der Waals surface area contributed by atoms with Crippen molar-refractivity contribution in [1.82, 2.24) is 4.98 Å². The van der Waals surface area contributed by atoms with Gasteiger partial charge >= 0.3 is 5.97 Å². The summed E-state index contributed by atoms with van der Waals surface area (Å²) >= 11 is 0.